The molecule has 4 rings (SSSR count). The molecule has 1 N–H and O–H groups in total. The van der Waals surface area contributed by atoms with Gasteiger partial charge in [0.1, 0.15) is 6.67 Å². The molecule has 0 saturated heterocycles. The lowest BCUT2D eigenvalue weighted by Crippen LogP contribution is -2.33. The smallest absolute Gasteiger partial charge is 0.392 e. The molecule has 164 valence electrons. The van der Waals surface area contributed by atoms with Crippen LogP contribution >= 0.6 is 23.2 Å². The highest BCUT2D eigenvalue weighted by Gasteiger charge is 2.22. The maximum Gasteiger partial charge on any atom is 0.437 e. The number of aromatic nitrogens is 5. The highest BCUT2D eigenvalue weighted by molar-refractivity contribution is 6.36. The number of hydrogen-bond donors (Lipinski definition) is 1. The maximum absolute atomic E-state index is 13.0. The Labute approximate surface area is 184 Å². The average Bonchev–Trinajstić information content (AvgIpc) is 3.11. The van der Waals surface area contributed by atoms with Crippen LogP contribution in [0.4, 0.5) is 4.39 Å². The van der Waals surface area contributed by atoms with Crippen LogP contribution in [0.2, 0.25) is 10.0 Å². The fourth-order valence-electron chi connectivity index (χ4n) is 3.68. The Balaban J connectivity index is 1.66. The van der Waals surface area contributed by atoms with E-state index in [0.717, 1.165) is 36.8 Å². The second kappa shape index (κ2) is 8.80. The number of H-pyrrole nitrogens is 1. The molecule has 31 heavy (non-hydrogen) atoms. The quantitative estimate of drug-likeness (QED) is 0.613. The fourth-order valence-corrected chi connectivity index (χ4v) is 4.29. The first kappa shape index (κ1) is 21.5. The van der Waals surface area contributed by atoms with Gasteiger partial charge in [-0.05, 0) is 30.5 Å². The lowest BCUT2D eigenvalue weighted by molar-refractivity contribution is 0.310. The minimum Gasteiger partial charge on any atom is -0.392 e. The molecular formula is C19H18Cl2FN5O4. The van der Waals surface area contributed by atoms with E-state index in [1.54, 1.807) is 0 Å². The molecule has 0 atom stereocenters. The fraction of sp³-hybridized carbons (Fsp3) is 0.421. The van der Waals surface area contributed by atoms with E-state index in [0.29, 0.717) is 5.56 Å². The van der Waals surface area contributed by atoms with Crippen molar-refractivity contribution in [1.29, 1.82) is 0 Å². The van der Waals surface area contributed by atoms with Gasteiger partial charge in [-0.1, -0.05) is 42.5 Å². The highest BCUT2D eigenvalue weighted by Crippen LogP contribution is 2.30. The zero-order valence-corrected chi connectivity index (χ0v) is 17.7. The van der Waals surface area contributed by atoms with E-state index in [2.05, 4.69) is 10.2 Å². The van der Waals surface area contributed by atoms with Gasteiger partial charge in [-0.15, -0.1) is 5.10 Å². The van der Waals surface area contributed by atoms with Gasteiger partial charge in [-0.3, -0.25) is 9.78 Å². The summed E-state index contributed by atoms with van der Waals surface area (Å²) in [7, 11) is 0. The van der Waals surface area contributed by atoms with Crippen molar-refractivity contribution in [2.24, 2.45) is 0 Å². The van der Waals surface area contributed by atoms with Crippen LogP contribution in [0.15, 0.2) is 30.9 Å². The molecule has 3 aromatic rings. The Hall–Kier alpha value is -2.72. The number of aromatic amines is 1. The Kier molecular flexibility index (Phi) is 6.10. The molecule has 0 spiro atoms. The first-order valence-electron chi connectivity index (χ1n) is 9.72. The molecule has 1 aliphatic rings. The molecule has 1 saturated carbocycles. The second-order valence-electron chi connectivity index (χ2n) is 7.31. The summed E-state index contributed by atoms with van der Waals surface area (Å²) in [5.41, 5.74) is -1.64. The summed E-state index contributed by atoms with van der Waals surface area (Å²) in [6, 6.07) is 2.82. The Morgan fingerprint density at radius 1 is 1.10 bits per heavy atom. The monoisotopic (exact) mass is 469 g/mol. The number of hydrogen-bond acceptors (Lipinski definition) is 6. The Morgan fingerprint density at radius 3 is 2.42 bits per heavy atom. The summed E-state index contributed by atoms with van der Waals surface area (Å²) in [5.74, 6) is -0.348. The van der Waals surface area contributed by atoms with Crippen molar-refractivity contribution < 1.29 is 8.81 Å². The average molecular weight is 470 g/mol. The Morgan fingerprint density at radius 2 is 1.77 bits per heavy atom. The van der Waals surface area contributed by atoms with Gasteiger partial charge in [-0.2, -0.15) is 14.5 Å². The van der Waals surface area contributed by atoms with Crippen LogP contribution in [-0.4, -0.2) is 24.5 Å². The zero-order valence-electron chi connectivity index (χ0n) is 16.2. The predicted octanol–water partition coefficient (Wildman–Crippen LogP) is 2.94. The van der Waals surface area contributed by atoms with Crippen LogP contribution in [0.3, 0.4) is 0 Å². The summed E-state index contributed by atoms with van der Waals surface area (Å²) >= 11 is 12.7. The molecular weight excluding hydrogens is 452 g/mol. The van der Waals surface area contributed by atoms with Crippen LogP contribution < -0.4 is 17.0 Å². The SMILES string of the molecule is O=c1[nH]c(=O)n(-c2cc(Cl)c(Cc3nn(C4CCCCC4)c(=O)o3)c(Cl)c2)nc1CF. The van der Waals surface area contributed by atoms with Crippen molar-refractivity contribution in [3.05, 3.63) is 70.7 Å². The minimum atomic E-state index is -1.14. The van der Waals surface area contributed by atoms with E-state index in [-0.39, 0.29) is 34.1 Å². The third-order valence-electron chi connectivity index (χ3n) is 5.25. The first-order chi connectivity index (χ1) is 14.9. The van der Waals surface area contributed by atoms with Crippen LogP contribution in [0.5, 0.6) is 0 Å². The first-order valence-corrected chi connectivity index (χ1v) is 10.5. The lowest BCUT2D eigenvalue weighted by Gasteiger charge is -2.19. The minimum absolute atomic E-state index is 0.0231. The van der Waals surface area contributed by atoms with Crippen LogP contribution in [0.1, 0.15) is 55.3 Å². The topological polar surface area (TPSA) is 116 Å². The number of nitrogens with zero attached hydrogens (tertiary/aromatic N) is 4. The summed E-state index contributed by atoms with van der Waals surface area (Å²) in [6.07, 6.45) is 5.05. The number of halogens is 3. The molecule has 1 fully saturated rings. The van der Waals surface area contributed by atoms with Gasteiger partial charge in [0.05, 0.1) is 18.2 Å². The van der Waals surface area contributed by atoms with E-state index < -0.39 is 29.4 Å². The van der Waals surface area contributed by atoms with Crippen molar-refractivity contribution in [3.63, 3.8) is 0 Å². The van der Waals surface area contributed by atoms with Gasteiger partial charge in [0.15, 0.2) is 5.69 Å². The Bertz CT molecular complexity index is 1270. The standard InChI is InChI=1S/C19H18Cl2FN5O4/c20-13-6-11(26-18(29)23-17(28)15(9-22)24-26)7-14(21)12(13)8-16-25-27(19(30)31-16)10-4-2-1-3-5-10/h6-7,10H,1-5,8-9H2,(H,23,28,29). The number of alkyl halides is 1. The molecule has 0 aliphatic heterocycles. The van der Waals surface area contributed by atoms with Gasteiger partial charge < -0.3 is 4.42 Å². The molecule has 0 unspecified atom stereocenters. The third kappa shape index (κ3) is 4.35. The second-order valence-corrected chi connectivity index (χ2v) is 8.13. The van der Waals surface area contributed by atoms with E-state index in [4.69, 9.17) is 27.6 Å². The summed E-state index contributed by atoms with van der Waals surface area (Å²) in [4.78, 5) is 37.8. The third-order valence-corrected chi connectivity index (χ3v) is 5.93. The molecule has 0 bridgehead atoms. The lowest BCUT2D eigenvalue weighted by atomic mass is 9.96. The van der Waals surface area contributed by atoms with Crippen LogP contribution in [0, 0.1) is 0 Å². The van der Waals surface area contributed by atoms with Crippen molar-refractivity contribution in [3.8, 4) is 5.69 Å². The molecule has 1 aliphatic carbocycles. The summed E-state index contributed by atoms with van der Waals surface area (Å²) in [6.45, 7) is -1.14. The molecule has 12 heteroatoms. The summed E-state index contributed by atoms with van der Waals surface area (Å²) < 4.78 is 20.4. The molecule has 1 aromatic carbocycles. The summed E-state index contributed by atoms with van der Waals surface area (Å²) in [5, 5.41) is 8.36. The number of rotatable bonds is 5. The van der Waals surface area contributed by atoms with Gasteiger partial charge in [0.2, 0.25) is 5.89 Å². The van der Waals surface area contributed by atoms with E-state index in [1.165, 1.54) is 16.8 Å². The molecule has 2 heterocycles. The van der Waals surface area contributed by atoms with Crippen molar-refractivity contribution >= 4 is 23.2 Å². The molecule has 0 amide bonds. The van der Waals surface area contributed by atoms with Crippen LogP contribution in [-0.2, 0) is 13.1 Å². The molecule has 2 aromatic heterocycles. The molecule has 0 radical (unpaired) electrons. The van der Waals surface area contributed by atoms with E-state index in [9.17, 15) is 18.8 Å². The normalized spacial score (nSPS) is 14.8. The van der Waals surface area contributed by atoms with Gasteiger partial charge in [0, 0.05) is 10.0 Å². The number of nitrogens with one attached hydrogen (secondary N) is 1. The van der Waals surface area contributed by atoms with Gasteiger partial charge >= 0.3 is 11.4 Å². The van der Waals surface area contributed by atoms with E-state index in [1.807, 2.05) is 4.98 Å². The van der Waals surface area contributed by atoms with E-state index >= 15 is 0 Å². The molecule has 9 nitrogen and oxygen atoms in total. The maximum atomic E-state index is 13.0. The van der Waals surface area contributed by atoms with Crippen molar-refractivity contribution in [2.75, 3.05) is 0 Å². The van der Waals surface area contributed by atoms with Crippen molar-refractivity contribution in [1.82, 2.24) is 24.5 Å². The van der Waals surface area contributed by atoms with Gasteiger partial charge in [0.25, 0.3) is 5.56 Å². The van der Waals surface area contributed by atoms with Crippen molar-refractivity contribution in [2.45, 2.75) is 51.2 Å². The van der Waals surface area contributed by atoms with Crippen LogP contribution in [0.25, 0.3) is 5.69 Å². The highest BCUT2D eigenvalue weighted by atomic mass is 35.5. The number of benzene rings is 1. The van der Waals surface area contributed by atoms with Gasteiger partial charge in [-0.25, -0.2) is 14.0 Å². The largest absolute Gasteiger partial charge is 0.437 e. The predicted molar refractivity (Wildman–Crippen MR) is 111 cm³/mol. The zero-order chi connectivity index (χ0) is 22.1.